The van der Waals surface area contributed by atoms with E-state index in [1.807, 2.05) is 49.4 Å². The second kappa shape index (κ2) is 24.4. The zero-order chi connectivity index (χ0) is 60.5. The molecule has 2 saturated heterocycles. The summed E-state index contributed by atoms with van der Waals surface area (Å²) >= 11 is 0. The van der Waals surface area contributed by atoms with Crippen LogP contribution in [0.1, 0.15) is 89.0 Å². The number of piperidine rings is 1. The summed E-state index contributed by atoms with van der Waals surface area (Å²) in [6.45, 7) is 5.64. The summed E-state index contributed by atoms with van der Waals surface area (Å²) in [5.74, 6) is 5.03. The molecule has 2 aliphatic carbocycles. The number of aromatic carboxylic acids is 1. The van der Waals surface area contributed by atoms with Gasteiger partial charge < -0.3 is 63.8 Å². The number of ether oxygens (including phenoxy) is 1. The van der Waals surface area contributed by atoms with Gasteiger partial charge in [-0.25, -0.2) is 13.4 Å². The first-order chi connectivity index (χ1) is 39.7. The zero-order valence-electron chi connectivity index (χ0n) is 45.2. The molecular weight excluding hydrogens is 1150 g/mol. The lowest BCUT2D eigenvalue weighted by Gasteiger charge is -2.42. The molecule has 0 radical (unpaired) electrons. The van der Waals surface area contributed by atoms with Crippen LogP contribution in [0.2, 0.25) is 0 Å². The molecule has 2 amide bonds. The number of anilines is 1. The van der Waals surface area contributed by atoms with Gasteiger partial charge in [0.25, 0.3) is 35.3 Å². The quantitative estimate of drug-likeness (QED) is 0.0286. The number of phenols is 1. The number of hydrogen-bond acceptors (Lipinski definition) is 18. The number of nitrogen functional groups attached to an aromatic ring is 1. The van der Waals surface area contributed by atoms with Crippen LogP contribution >= 0.6 is 23.5 Å². The van der Waals surface area contributed by atoms with E-state index >= 15 is 0 Å². The van der Waals surface area contributed by atoms with E-state index in [1.165, 1.54) is 30.3 Å². The summed E-state index contributed by atoms with van der Waals surface area (Å²) in [6.07, 6.45) is 2.60. The lowest BCUT2D eigenvalue weighted by molar-refractivity contribution is -0.250. The van der Waals surface area contributed by atoms with Crippen molar-refractivity contribution in [3.05, 3.63) is 147 Å². The summed E-state index contributed by atoms with van der Waals surface area (Å²) < 4.78 is 60.4. The number of phosphoric acid groups is 3. The number of phosphoric ester groups is 1. The fourth-order valence-electron chi connectivity index (χ4n) is 10.5. The van der Waals surface area contributed by atoms with Gasteiger partial charge in [-0.1, -0.05) is 12.1 Å². The molecule has 438 valence electrons. The Kier molecular flexibility index (Phi) is 17.7. The van der Waals surface area contributed by atoms with E-state index in [0.29, 0.717) is 102 Å². The Hall–Kier alpha value is -7.80. The molecule has 6 aliphatic rings. The van der Waals surface area contributed by atoms with E-state index in [0.717, 1.165) is 27.6 Å². The molecule has 4 aromatic rings. The summed E-state index contributed by atoms with van der Waals surface area (Å²) in [5.41, 5.74) is 12.1. The largest absolute Gasteiger partial charge is 0.756 e. The first kappa shape index (κ1) is 60.8. The summed E-state index contributed by atoms with van der Waals surface area (Å²) in [5, 5.41) is 32.1. The number of fused-ring (bicyclic) bond motifs is 4. The maximum absolute atomic E-state index is 14.2. The van der Waals surface area contributed by atoms with Crippen molar-refractivity contribution in [1.82, 2.24) is 10.2 Å². The van der Waals surface area contributed by atoms with Crippen molar-refractivity contribution in [3.8, 4) is 62.5 Å². The number of likely N-dealkylation sites (tertiary alicyclic amines) is 1. The average Bonchev–Trinajstić information content (AvgIpc) is 2.17. The highest BCUT2D eigenvalue weighted by Gasteiger charge is 2.38. The molecule has 5 atom stereocenters. The highest BCUT2D eigenvalue weighted by Crippen LogP contribution is 2.61. The number of nitrogens with zero attached hydrogens (tertiary/aromatic N) is 1. The molecule has 0 bridgehead atoms. The molecule has 3 unspecified atom stereocenters. The van der Waals surface area contributed by atoms with Crippen LogP contribution in [0.25, 0.3) is 66.8 Å². The number of carbonyl (C=O) groups excluding carboxylic acids is 2. The summed E-state index contributed by atoms with van der Waals surface area (Å²) in [7, 11) is -16.9. The number of benzene rings is 6. The number of carboxylic acids is 1. The van der Waals surface area contributed by atoms with Crippen LogP contribution in [-0.2, 0) is 31.6 Å². The number of hydrogen-bond donors (Lipinski definition) is 6. The Bertz CT molecular complexity index is 4180. The van der Waals surface area contributed by atoms with E-state index in [2.05, 4.69) is 30.3 Å². The second-order valence-electron chi connectivity index (χ2n) is 20.3. The third-order valence-corrected chi connectivity index (χ3v) is 18.1. The zero-order valence-corrected chi connectivity index (χ0v) is 47.9. The lowest BCUT2D eigenvalue weighted by atomic mass is 9.82. The molecule has 0 spiro atoms. The Labute approximate surface area is 479 Å². The summed E-state index contributed by atoms with van der Waals surface area (Å²) in [6, 6.07) is 30.1. The van der Waals surface area contributed by atoms with E-state index in [-0.39, 0.29) is 51.6 Å². The fourth-order valence-corrected chi connectivity index (χ4v) is 13.4. The number of aromatic hydroxyl groups is 1. The molecule has 8 N–H and O–H groups in total. The van der Waals surface area contributed by atoms with Crippen LogP contribution in [0.5, 0.6) is 5.75 Å². The first-order valence-electron chi connectivity index (χ1n) is 26.1. The van der Waals surface area contributed by atoms with E-state index in [4.69, 9.17) is 29.6 Å². The van der Waals surface area contributed by atoms with Gasteiger partial charge in [0.05, 0.1) is 30.4 Å². The monoisotopic (exact) mass is 1200 g/mol. The van der Waals surface area contributed by atoms with Crippen LogP contribution in [0.4, 0.5) is 5.69 Å². The number of rotatable bonds is 15. The number of nitrogens with one attached hydrogen (secondary N) is 1. The van der Waals surface area contributed by atoms with Gasteiger partial charge >= 0.3 is 5.97 Å². The minimum atomic E-state index is -5.83. The molecule has 10 rings (SSSR count). The Morgan fingerprint density at radius 2 is 1.43 bits per heavy atom. The van der Waals surface area contributed by atoms with Crippen LogP contribution in [0, 0.1) is 18.8 Å². The van der Waals surface area contributed by atoms with Crippen molar-refractivity contribution in [2.75, 3.05) is 25.4 Å². The Morgan fingerprint density at radius 1 is 0.798 bits per heavy atom. The van der Waals surface area contributed by atoms with E-state index < -0.39 is 47.7 Å². The predicted molar refractivity (Wildman–Crippen MR) is 300 cm³/mol. The van der Waals surface area contributed by atoms with Gasteiger partial charge in [0.2, 0.25) is 0 Å². The minimum Gasteiger partial charge on any atom is -0.756 e. The molecule has 2 fully saturated rings. The van der Waals surface area contributed by atoms with Gasteiger partial charge in [0.1, 0.15) is 28.4 Å². The van der Waals surface area contributed by atoms with Gasteiger partial charge in [-0.05, 0) is 136 Å². The third kappa shape index (κ3) is 14.1. The van der Waals surface area contributed by atoms with E-state index in [9.17, 15) is 57.8 Å². The highest BCUT2D eigenvalue weighted by molar-refractivity contribution is 7.65. The average molecular weight is 1210 g/mol. The predicted octanol–water partition coefficient (Wildman–Crippen LogP) is 6.25. The van der Waals surface area contributed by atoms with Crippen LogP contribution < -0.4 is 41.9 Å². The molecule has 26 heteroatoms. The van der Waals surface area contributed by atoms with Gasteiger partial charge in [0.15, 0.2) is 10.8 Å². The van der Waals surface area contributed by atoms with Crippen molar-refractivity contribution >= 4 is 68.9 Å². The van der Waals surface area contributed by atoms with Gasteiger partial charge in [0, 0.05) is 99.2 Å². The van der Waals surface area contributed by atoms with Gasteiger partial charge in [-0.15, -0.1) is 11.8 Å². The molecule has 0 saturated carbocycles. The van der Waals surface area contributed by atoms with Gasteiger partial charge in [-0.2, -0.15) is 0 Å². The number of carboxylic acid groups (broad SMARTS) is 1. The van der Waals surface area contributed by atoms with E-state index in [1.54, 1.807) is 55.1 Å². The fraction of sp³-hybridized carbons (Fsp3) is 0.259. The van der Waals surface area contributed by atoms with Crippen molar-refractivity contribution in [3.63, 3.8) is 0 Å². The minimum absolute atomic E-state index is 0.0612. The lowest BCUT2D eigenvalue weighted by Crippen LogP contribution is -2.56. The molecular formula is C58H55N4O19P3-2. The summed E-state index contributed by atoms with van der Waals surface area (Å²) in [4.78, 5) is 95.6. The SMILES string of the molecule is CC#CCCC1(NC(=O)c2ccc(-c3c4ccc(=[NH2+])cc-4oc4cc(N)ccc34)c(C)c2)CCN(C(=O)c2ccc(-c3c4ccc(=O)cc-4oc4cc(O)ccc34)c(C(=O)O)c2)CC1.C[C@H]1CC[C@@H](COP(=O)([O-])OP(=O)([O-])OP(=O)([O-])O)O1. The normalized spacial score (nSPS) is 18.0. The number of amides is 2. The smallest absolute Gasteiger partial charge is 0.336 e. The standard InChI is InChI=1S/C52H42N4O8.C6H15O11P3/c1-3-4-5-18-52(55-49(59)30-6-12-36(29(2)23-30)47-38-14-8-32(53)25-43(38)63-44-26-33(54)9-15-39(44)47)19-21-56(22-20-52)50(60)31-7-13-37(42(24-31)51(61)62)48-40-16-10-34(57)27-45(40)64-46-28-35(58)11-17-41(46)48;1-5-2-3-6(15-5)4-14-19(10,11)17-20(12,13)16-18(7,8)9/h6-17,23-28,53,57H,5,18-22,54H2,1-2H3,(H,55,59)(H,61,62);5-6H,2-4H2,1H3,(H,10,11)(H,12,13)(H2,7,8,9)/p-2/t;5-,6-/m.0/s1. The molecule has 4 aromatic carbocycles. The number of carbonyl (C=O) groups is 3. The van der Waals surface area contributed by atoms with Crippen molar-refractivity contribution in [2.24, 2.45) is 0 Å². The van der Waals surface area contributed by atoms with Crippen molar-refractivity contribution in [1.29, 1.82) is 0 Å². The molecule has 0 aromatic heterocycles. The number of phenolic OH excluding ortho intramolecular Hbond substituents is 1. The topological polar surface area (TPSA) is 379 Å². The van der Waals surface area contributed by atoms with Gasteiger partial charge in [-0.3, -0.25) is 33.5 Å². The maximum atomic E-state index is 14.2. The Balaban J connectivity index is 0.000000360. The van der Waals surface area contributed by atoms with Crippen LogP contribution in [-0.4, -0.2) is 75.2 Å². The molecule has 4 heterocycles. The van der Waals surface area contributed by atoms with Crippen molar-refractivity contribution < 1.29 is 90.0 Å². The number of aryl methyl sites for hydroxylation is 1. The molecule has 23 nitrogen and oxygen atoms in total. The maximum Gasteiger partial charge on any atom is 0.336 e. The Morgan fingerprint density at radius 3 is 2.08 bits per heavy atom. The highest BCUT2D eigenvalue weighted by atomic mass is 31.3. The van der Waals surface area contributed by atoms with Crippen LogP contribution in [0.15, 0.2) is 123 Å². The molecule has 4 aliphatic heterocycles. The van der Waals surface area contributed by atoms with Crippen molar-refractivity contribution in [2.45, 2.75) is 77.0 Å². The second-order valence-corrected chi connectivity index (χ2v) is 24.6. The first-order valence-corrected chi connectivity index (χ1v) is 30.5. The third-order valence-electron chi connectivity index (χ3n) is 14.4. The van der Waals surface area contributed by atoms with Crippen LogP contribution in [0.3, 0.4) is 0 Å². The number of nitrogens with two attached hydrogens (primary N) is 2. The molecule has 84 heavy (non-hydrogen) atoms.